The highest BCUT2D eigenvalue weighted by molar-refractivity contribution is 4.82. The number of rotatable bonds is 33. The predicted octanol–water partition coefficient (Wildman–Crippen LogP) is 4.67. The van der Waals surface area contributed by atoms with E-state index in [1.807, 2.05) is 0 Å². The summed E-state index contributed by atoms with van der Waals surface area (Å²) < 4.78 is 43.4. The molecule has 0 spiro atoms. The molecule has 0 aromatic carbocycles. The molecule has 0 aliphatic rings. The number of hydrogen-bond acceptors (Lipinski definition) is 8. The number of terminal acetylenes is 1. The van der Waals surface area contributed by atoms with E-state index in [1.54, 1.807) is 0 Å². The van der Waals surface area contributed by atoms with Gasteiger partial charge in [0.1, 0.15) is 6.61 Å². The van der Waals surface area contributed by atoms with Gasteiger partial charge < -0.3 is 37.9 Å². The summed E-state index contributed by atoms with van der Waals surface area (Å²) in [6.45, 7) is 11.2. The Morgan fingerprint density at radius 2 is 0.622 bits per heavy atom. The third-order valence-electron chi connectivity index (χ3n) is 5.43. The van der Waals surface area contributed by atoms with Crippen molar-refractivity contribution >= 4 is 0 Å². The summed E-state index contributed by atoms with van der Waals surface area (Å²) in [5.41, 5.74) is 0. The van der Waals surface area contributed by atoms with E-state index in [2.05, 4.69) is 12.8 Å². The van der Waals surface area contributed by atoms with Crippen LogP contribution in [0, 0.1) is 12.3 Å². The minimum absolute atomic E-state index is 0.318. The van der Waals surface area contributed by atoms with E-state index in [4.69, 9.17) is 44.3 Å². The van der Waals surface area contributed by atoms with Crippen LogP contribution in [-0.2, 0) is 37.9 Å². The topological polar surface area (TPSA) is 73.8 Å². The molecule has 8 nitrogen and oxygen atoms in total. The van der Waals surface area contributed by atoms with E-state index in [-0.39, 0.29) is 0 Å². The molecule has 0 rings (SSSR count). The molecule has 0 unspecified atom stereocenters. The van der Waals surface area contributed by atoms with Crippen molar-refractivity contribution in [3.63, 3.8) is 0 Å². The molecular weight excluding hydrogens is 476 g/mol. The Hall–Kier alpha value is -0.760. The summed E-state index contributed by atoms with van der Waals surface area (Å²) in [7, 11) is 0. The summed E-state index contributed by atoms with van der Waals surface area (Å²) in [6, 6.07) is 0. The molecule has 0 amide bonds. The first-order valence-corrected chi connectivity index (χ1v) is 14.5. The summed E-state index contributed by atoms with van der Waals surface area (Å²) in [5, 5.41) is 0. The van der Waals surface area contributed by atoms with E-state index in [1.165, 1.54) is 57.8 Å². The van der Waals surface area contributed by atoms with Gasteiger partial charge in [0.25, 0.3) is 0 Å². The van der Waals surface area contributed by atoms with Crippen LogP contribution in [0.4, 0.5) is 0 Å². The van der Waals surface area contributed by atoms with Gasteiger partial charge in [0.2, 0.25) is 0 Å². The average Bonchev–Trinajstić information content (AvgIpc) is 2.91. The van der Waals surface area contributed by atoms with Crippen molar-refractivity contribution in [3.8, 4) is 12.3 Å². The van der Waals surface area contributed by atoms with E-state index in [0.29, 0.717) is 99.1 Å². The fourth-order valence-corrected chi connectivity index (χ4v) is 3.36. The molecule has 0 N–H and O–H groups in total. The average molecular weight is 533 g/mol. The van der Waals surface area contributed by atoms with Crippen LogP contribution in [0.15, 0.2) is 0 Å². The maximum absolute atomic E-state index is 5.63. The molecule has 8 heteroatoms. The third-order valence-corrected chi connectivity index (χ3v) is 5.43. The summed E-state index contributed by atoms with van der Waals surface area (Å²) in [5.74, 6) is 2.40. The predicted molar refractivity (Wildman–Crippen MR) is 147 cm³/mol. The Balaban J connectivity index is 3.01. The van der Waals surface area contributed by atoms with Crippen LogP contribution in [0.25, 0.3) is 0 Å². The monoisotopic (exact) mass is 532 g/mol. The van der Waals surface area contributed by atoms with Crippen LogP contribution in [0.2, 0.25) is 0 Å². The largest absolute Gasteiger partial charge is 0.379 e. The van der Waals surface area contributed by atoms with Gasteiger partial charge in [-0.2, -0.15) is 0 Å². The Labute approximate surface area is 227 Å². The fraction of sp³-hybridized carbons (Fsp3) is 0.931. The maximum atomic E-state index is 5.63. The number of unbranched alkanes of at least 4 members (excludes halogenated alkanes) is 9. The highest BCUT2D eigenvalue weighted by Gasteiger charge is 1.96. The summed E-state index contributed by atoms with van der Waals surface area (Å²) in [4.78, 5) is 0. The molecule has 0 atom stereocenters. The molecule has 37 heavy (non-hydrogen) atoms. The van der Waals surface area contributed by atoms with Gasteiger partial charge in [0.05, 0.1) is 92.5 Å². The van der Waals surface area contributed by atoms with Crippen molar-refractivity contribution in [3.05, 3.63) is 0 Å². The Kier molecular flexibility index (Phi) is 34.5. The van der Waals surface area contributed by atoms with Crippen LogP contribution in [-0.4, -0.2) is 106 Å². The zero-order valence-corrected chi connectivity index (χ0v) is 23.7. The van der Waals surface area contributed by atoms with Crippen LogP contribution >= 0.6 is 0 Å². The van der Waals surface area contributed by atoms with Crippen LogP contribution in [0.5, 0.6) is 0 Å². The molecule has 0 saturated carbocycles. The second-order valence-electron chi connectivity index (χ2n) is 8.73. The molecule has 0 aliphatic heterocycles. The Bertz CT molecular complexity index is 444. The second kappa shape index (κ2) is 35.2. The van der Waals surface area contributed by atoms with Gasteiger partial charge in [0, 0.05) is 6.61 Å². The lowest BCUT2D eigenvalue weighted by Crippen LogP contribution is -2.15. The first-order valence-electron chi connectivity index (χ1n) is 14.5. The zero-order valence-electron chi connectivity index (χ0n) is 23.7. The smallest absolute Gasteiger partial charge is 0.107 e. The number of hydrogen-bond donors (Lipinski definition) is 0. The quantitative estimate of drug-likeness (QED) is 0.0892. The molecule has 0 heterocycles. The van der Waals surface area contributed by atoms with Crippen LogP contribution in [0.3, 0.4) is 0 Å². The van der Waals surface area contributed by atoms with Gasteiger partial charge in [0.15, 0.2) is 0 Å². The normalized spacial score (nSPS) is 11.2. The van der Waals surface area contributed by atoms with Crippen molar-refractivity contribution in [2.75, 3.05) is 106 Å². The highest BCUT2D eigenvalue weighted by atomic mass is 16.6. The molecule has 0 radical (unpaired) electrons. The van der Waals surface area contributed by atoms with Gasteiger partial charge in [-0.15, -0.1) is 6.42 Å². The second-order valence-corrected chi connectivity index (χ2v) is 8.73. The standard InChI is InChI=1S/C29H56O8/c1-3-5-6-7-8-9-10-11-12-13-15-31-17-19-33-21-23-35-25-27-37-29-28-36-26-24-34-22-20-32-18-16-30-14-4-2/h2H,3,5-29H2,1H3. The van der Waals surface area contributed by atoms with Gasteiger partial charge in [-0.3, -0.25) is 0 Å². The van der Waals surface area contributed by atoms with Crippen molar-refractivity contribution in [2.24, 2.45) is 0 Å². The molecule has 0 aliphatic carbocycles. The Morgan fingerprint density at radius 1 is 0.351 bits per heavy atom. The third kappa shape index (κ3) is 35.2. The minimum atomic E-state index is 0.318. The van der Waals surface area contributed by atoms with E-state index in [0.717, 1.165) is 13.0 Å². The number of ether oxygens (including phenoxy) is 8. The van der Waals surface area contributed by atoms with Gasteiger partial charge in [-0.25, -0.2) is 0 Å². The highest BCUT2D eigenvalue weighted by Crippen LogP contribution is 2.10. The van der Waals surface area contributed by atoms with E-state index < -0.39 is 0 Å². The van der Waals surface area contributed by atoms with Crippen molar-refractivity contribution in [1.29, 1.82) is 0 Å². The van der Waals surface area contributed by atoms with Crippen molar-refractivity contribution in [2.45, 2.75) is 71.1 Å². The lowest BCUT2D eigenvalue weighted by Gasteiger charge is -2.08. The minimum Gasteiger partial charge on any atom is -0.379 e. The van der Waals surface area contributed by atoms with Crippen molar-refractivity contribution in [1.82, 2.24) is 0 Å². The SMILES string of the molecule is C#CCOCCOCCOCCOCCOCCOCCOCCOCCCCCCCCCCCC. The van der Waals surface area contributed by atoms with Gasteiger partial charge in [-0.1, -0.05) is 70.6 Å². The molecule has 0 aromatic rings. The maximum Gasteiger partial charge on any atom is 0.107 e. The molecule has 0 saturated heterocycles. The van der Waals surface area contributed by atoms with Gasteiger partial charge in [-0.05, 0) is 6.42 Å². The molecule has 220 valence electrons. The molecular formula is C29H56O8. The lowest BCUT2D eigenvalue weighted by atomic mass is 10.1. The van der Waals surface area contributed by atoms with Crippen LogP contribution < -0.4 is 0 Å². The molecule has 0 fully saturated rings. The zero-order chi connectivity index (χ0) is 26.7. The summed E-state index contributed by atoms with van der Waals surface area (Å²) in [6.07, 6.45) is 18.5. The van der Waals surface area contributed by atoms with Crippen LogP contribution in [0.1, 0.15) is 71.1 Å². The first kappa shape index (κ1) is 36.2. The van der Waals surface area contributed by atoms with Gasteiger partial charge >= 0.3 is 0 Å². The van der Waals surface area contributed by atoms with E-state index in [9.17, 15) is 0 Å². The Morgan fingerprint density at radius 3 is 0.946 bits per heavy atom. The molecule has 0 bridgehead atoms. The lowest BCUT2D eigenvalue weighted by molar-refractivity contribution is -0.0225. The molecule has 0 aromatic heterocycles. The van der Waals surface area contributed by atoms with E-state index >= 15 is 0 Å². The van der Waals surface area contributed by atoms with Crippen molar-refractivity contribution < 1.29 is 37.9 Å². The summed E-state index contributed by atoms with van der Waals surface area (Å²) >= 11 is 0. The fourth-order valence-electron chi connectivity index (χ4n) is 3.36. The first-order chi connectivity index (χ1) is 18.4.